The van der Waals surface area contributed by atoms with Crippen molar-refractivity contribution in [1.82, 2.24) is 0 Å². The number of anilines is 2. The van der Waals surface area contributed by atoms with Crippen molar-refractivity contribution in [3.8, 4) is 0 Å². The van der Waals surface area contributed by atoms with Gasteiger partial charge in [0.05, 0.1) is 6.54 Å². The minimum Gasteiger partial charge on any atom is -0.380 e. The third-order valence-corrected chi connectivity index (χ3v) is 3.76. The van der Waals surface area contributed by atoms with Gasteiger partial charge in [0.25, 0.3) is 0 Å². The molecular weight excluding hydrogens is 280 g/mol. The molecule has 1 aliphatic rings. The van der Waals surface area contributed by atoms with Crippen LogP contribution in [0.2, 0.25) is 0 Å². The lowest BCUT2D eigenvalue weighted by Crippen LogP contribution is -2.33. The van der Waals surface area contributed by atoms with Gasteiger partial charge in [-0.05, 0) is 50.5 Å². The summed E-state index contributed by atoms with van der Waals surface area (Å²) in [6, 6.07) is 6.16. The van der Waals surface area contributed by atoms with Gasteiger partial charge in [0.1, 0.15) is 0 Å². The highest BCUT2D eigenvalue weighted by molar-refractivity contribution is 5.93. The van der Waals surface area contributed by atoms with Crippen LogP contribution in [0.15, 0.2) is 18.2 Å². The normalized spacial score (nSPS) is 14.1. The Balaban J connectivity index is 2.03. The lowest BCUT2D eigenvalue weighted by molar-refractivity contribution is -0.126. The molecule has 0 saturated carbocycles. The van der Waals surface area contributed by atoms with E-state index in [1.165, 1.54) is 5.56 Å². The van der Waals surface area contributed by atoms with Gasteiger partial charge >= 0.3 is 0 Å². The van der Waals surface area contributed by atoms with Crippen LogP contribution in [0.5, 0.6) is 0 Å². The molecule has 1 aromatic rings. The van der Waals surface area contributed by atoms with Crippen LogP contribution in [-0.4, -0.2) is 38.5 Å². The zero-order chi connectivity index (χ0) is 15.9. The number of hydrogen-bond donors (Lipinski definition) is 1. The van der Waals surface area contributed by atoms with E-state index in [2.05, 4.69) is 11.4 Å². The summed E-state index contributed by atoms with van der Waals surface area (Å²) in [5.41, 5.74) is 3.29. The first kappa shape index (κ1) is 16.8. The number of nitrogens with one attached hydrogen (secondary N) is 1. The summed E-state index contributed by atoms with van der Waals surface area (Å²) in [5.74, 6) is 0.106. The second-order valence-corrected chi connectivity index (χ2v) is 5.34. The molecule has 0 aliphatic carbocycles. The summed E-state index contributed by atoms with van der Waals surface area (Å²) < 4.78 is 11.1. The minimum atomic E-state index is -0.236. The molecule has 0 fully saturated rings. The van der Waals surface area contributed by atoms with Gasteiger partial charge in [0.2, 0.25) is 5.91 Å². The fraction of sp³-hybridized carbons (Fsp3) is 0.588. The van der Waals surface area contributed by atoms with Crippen LogP contribution in [0.25, 0.3) is 0 Å². The maximum Gasteiger partial charge on any atom is 0.223 e. The Morgan fingerprint density at radius 1 is 1.32 bits per heavy atom. The molecule has 0 radical (unpaired) electrons. The highest BCUT2D eigenvalue weighted by Crippen LogP contribution is 2.29. The molecule has 1 N–H and O–H groups in total. The summed E-state index contributed by atoms with van der Waals surface area (Å²) in [5, 5.41) is 3.36. The first-order valence-corrected chi connectivity index (χ1v) is 8.03. The predicted molar refractivity (Wildman–Crippen MR) is 88.3 cm³/mol. The zero-order valence-electron chi connectivity index (χ0n) is 13.7. The number of fused-ring (bicyclic) bond motifs is 1. The number of aryl methyl sites for hydroxylation is 1. The smallest absolute Gasteiger partial charge is 0.223 e. The SMILES string of the molecule is CCOC(CNc1ccc2c(c1)CCCN2C(C)=O)OCC. The van der Waals surface area contributed by atoms with E-state index in [-0.39, 0.29) is 12.2 Å². The van der Waals surface area contributed by atoms with Crippen molar-refractivity contribution in [2.45, 2.75) is 39.9 Å². The third-order valence-electron chi connectivity index (χ3n) is 3.76. The number of rotatable bonds is 7. The number of carbonyl (C=O) groups excluding carboxylic acids is 1. The van der Waals surface area contributed by atoms with Crippen molar-refractivity contribution in [2.24, 2.45) is 0 Å². The van der Waals surface area contributed by atoms with Crippen LogP contribution in [-0.2, 0) is 20.7 Å². The Morgan fingerprint density at radius 3 is 2.68 bits per heavy atom. The molecule has 0 unspecified atom stereocenters. The largest absolute Gasteiger partial charge is 0.380 e. The number of benzene rings is 1. The van der Waals surface area contributed by atoms with E-state index in [9.17, 15) is 4.79 Å². The Morgan fingerprint density at radius 2 is 2.05 bits per heavy atom. The van der Waals surface area contributed by atoms with Crippen LogP contribution in [0.4, 0.5) is 11.4 Å². The van der Waals surface area contributed by atoms with Crippen molar-refractivity contribution in [3.05, 3.63) is 23.8 Å². The van der Waals surface area contributed by atoms with E-state index in [4.69, 9.17) is 9.47 Å². The van der Waals surface area contributed by atoms with Crippen LogP contribution < -0.4 is 10.2 Å². The molecule has 5 heteroatoms. The van der Waals surface area contributed by atoms with Crippen molar-refractivity contribution in [3.63, 3.8) is 0 Å². The van der Waals surface area contributed by atoms with Gasteiger partial charge < -0.3 is 19.7 Å². The zero-order valence-corrected chi connectivity index (χ0v) is 13.7. The first-order valence-electron chi connectivity index (χ1n) is 8.03. The number of carbonyl (C=O) groups is 1. The van der Waals surface area contributed by atoms with E-state index < -0.39 is 0 Å². The molecule has 5 nitrogen and oxygen atoms in total. The molecule has 0 aromatic heterocycles. The molecule has 2 rings (SSSR count). The summed E-state index contributed by atoms with van der Waals surface area (Å²) in [4.78, 5) is 13.5. The summed E-state index contributed by atoms with van der Waals surface area (Å²) in [6.45, 7) is 8.22. The second kappa shape index (κ2) is 8.15. The van der Waals surface area contributed by atoms with Crippen LogP contribution in [0.1, 0.15) is 32.8 Å². The lowest BCUT2D eigenvalue weighted by Gasteiger charge is -2.29. The van der Waals surface area contributed by atoms with Gasteiger partial charge in [-0.25, -0.2) is 0 Å². The molecule has 0 atom stereocenters. The van der Waals surface area contributed by atoms with Crippen LogP contribution in [0.3, 0.4) is 0 Å². The molecule has 22 heavy (non-hydrogen) atoms. The van der Waals surface area contributed by atoms with E-state index >= 15 is 0 Å². The molecule has 1 amide bonds. The van der Waals surface area contributed by atoms with Gasteiger partial charge in [-0.2, -0.15) is 0 Å². The quantitative estimate of drug-likeness (QED) is 0.787. The van der Waals surface area contributed by atoms with E-state index in [1.54, 1.807) is 6.92 Å². The van der Waals surface area contributed by atoms with Crippen molar-refractivity contribution in [1.29, 1.82) is 0 Å². The fourth-order valence-corrected chi connectivity index (χ4v) is 2.77. The number of nitrogens with zero attached hydrogens (tertiary/aromatic N) is 1. The standard InChI is InChI=1S/C17H26N2O3/c1-4-21-17(22-5-2)12-18-15-8-9-16-14(11-15)7-6-10-19(16)13(3)20/h8-9,11,17-18H,4-7,10,12H2,1-3H3. The van der Waals surface area contributed by atoms with Crippen molar-refractivity contribution in [2.75, 3.05) is 36.5 Å². The Kier molecular flexibility index (Phi) is 6.21. The number of ether oxygens (including phenoxy) is 2. The summed E-state index contributed by atoms with van der Waals surface area (Å²) >= 11 is 0. The average Bonchev–Trinajstić information content (AvgIpc) is 2.52. The molecule has 1 aromatic carbocycles. The third kappa shape index (κ3) is 4.21. The van der Waals surface area contributed by atoms with Gasteiger partial charge in [-0.1, -0.05) is 0 Å². The van der Waals surface area contributed by atoms with Gasteiger partial charge in [0.15, 0.2) is 6.29 Å². The lowest BCUT2D eigenvalue weighted by atomic mass is 10.0. The fourth-order valence-electron chi connectivity index (χ4n) is 2.77. The van der Waals surface area contributed by atoms with Crippen molar-refractivity contribution < 1.29 is 14.3 Å². The maximum atomic E-state index is 11.7. The predicted octanol–water partition coefficient (Wildman–Crippen LogP) is 2.80. The molecule has 1 aliphatic heterocycles. The van der Waals surface area contributed by atoms with Gasteiger partial charge in [-0.3, -0.25) is 4.79 Å². The monoisotopic (exact) mass is 306 g/mol. The molecule has 122 valence electrons. The molecular formula is C17H26N2O3. The molecule has 0 spiro atoms. The first-order chi connectivity index (χ1) is 10.7. The number of hydrogen-bond acceptors (Lipinski definition) is 4. The second-order valence-electron chi connectivity index (χ2n) is 5.34. The summed E-state index contributed by atoms with van der Waals surface area (Å²) in [6.07, 6.45) is 1.78. The van der Waals surface area contributed by atoms with Gasteiger partial charge in [0, 0.05) is 38.1 Å². The van der Waals surface area contributed by atoms with Crippen LogP contribution >= 0.6 is 0 Å². The molecule has 1 heterocycles. The van der Waals surface area contributed by atoms with Crippen molar-refractivity contribution >= 4 is 17.3 Å². The topological polar surface area (TPSA) is 50.8 Å². The Hall–Kier alpha value is -1.59. The average molecular weight is 306 g/mol. The highest BCUT2D eigenvalue weighted by atomic mass is 16.7. The molecule has 0 saturated heterocycles. The van der Waals surface area contributed by atoms with Gasteiger partial charge in [-0.15, -0.1) is 0 Å². The Labute approximate surface area is 132 Å². The van der Waals surface area contributed by atoms with E-state index in [0.717, 1.165) is 30.8 Å². The minimum absolute atomic E-state index is 0.106. The maximum absolute atomic E-state index is 11.7. The Bertz CT molecular complexity index is 499. The summed E-state index contributed by atoms with van der Waals surface area (Å²) in [7, 11) is 0. The van der Waals surface area contributed by atoms with E-state index in [1.807, 2.05) is 30.9 Å². The van der Waals surface area contributed by atoms with Crippen LogP contribution in [0, 0.1) is 0 Å². The van der Waals surface area contributed by atoms with E-state index in [0.29, 0.717) is 19.8 Å². The highest BCUT2D eigenvalue weighted by Gasteiger charge is 2.20. The number of amides is 1. The molecule has 0 bridgehead atoms.